The summed E-state index contributed by atoms with van der Waals surface area (Å²) in [7, 11) is 3.33. The first-order valence-electron chi connectivity index (χ1n) is 7.49. The van der Waals surface area contributed by atoms with Crippen molar-refractivity contribution in [2.24, 2.45) is 5.92 Å². The van der Waals surface area contributed by atoms with E-state index in [4.69, 9.17) is 9.47 Å². The Morgan fingerprint density at radius 1 is 1.10 bits per heavy atom. The lowest BCUT2D eigenvalue weighted by atomic mass is 9.87. The van der Waals surface area contributed by atoms with Gasteiger partial charge in [0.2, 0.25) is 0 Å². The number of hydrogen-bond acceptors (Lipinski definition) is 5. The molecule has 0 amide bonds. The Bertz CT molecular complexity index is 537. The first-order chi connectivity index (χ1) is 10.3. The van der Waals surface area contributed by atoms with Gasteiger partial charge in [0.25, 0.3) is 0 Å². The average Bonchev–Trinajstić information content (AvgIpc) is 2.55. The van der Waals surface area contributed by atoms with Gasteiger partial charge >= 0.3 is 0 Å². The number of piperidine rings is 1. The summed E-state index contributed by atoms with van der Waals surface area (Å²) in [5, 5.41) is 3.42. The quantitative estimate of drug-likeness (QED) is 0.794. The van der Waals surface area contributed by atoms with Crippen molar-refractivity contribution in [3.05, 3.63) is 23.9 Å². The van der Waals surface area contributed by atoms with E-state index in [0.29, 0.717) is 0 Å². The SMILES string of the molecule is COc1cc2c(cc1OC)C(CC1CCNCC1)=CNN2. The van der Waals surface area contributed by atoms with Crippen LogP contribution in [-0.4, -0.2) is 27.3 Å². The molecule has 1 aromatic rings. The Labute approximate surface area is 125 Å². The van der Waals surface area contributed by atoms with E-state index >= 15 is 0 Å². The summed E-state index contributed by atoms with van der Waals surface area (Å²) in [6, 6.07) is 4.05. The summed E-state index contributed by atoms with van der Waals surface area (Å²) >= 11 is 0. The van der Waals surface area contributed by atoms with Crippen molar-refractivity contribution in [2.75, 3.05) is 32.7 Å². The lowest BCUT2D eigenvalue weighted by molar-refractivity contribution is 0.355. The maximum absolute atomic E-state index is 5.43. The molecule has 0 aliphatic carbocycles. The fraction of sp³-hybridized carbons (Fsp3) is 0.500. The Morgan fingerprint density at radius 3 is 2.52 bits per heavy atom. The minimum Gasteiger partial charge on any atom is -0.493 e. The van der Waals surface area contributed by atoms with Crippen LogP contribution in [-0.2, 0) is 0 Å². The van der Waals surface area contributed by atoms with Crippen LogP contribution in [0.3, 0.4) is 0 Å². The van der Waals surface area contributed by atoms with Gasteiger partial charge < -0.3 is 25.6 Å². The number of methoxy groups -OCH3 is 2. The zero-order chi connectivity index (χ0) is 14.7. The second-order valence-corrected chi connectivity index (χ2v) is 5.59. The number of hydrogen-bond donors (Lipinski definition) is 3. The highest BCUT2D eigenvalue weighted by Crippen LogP contribution is 2.40. The third-order valence-electron chi connectivity index (χ3n) is 4.29. The van der Waals surface area contributed by atoms with Crippen molar-refractivity contribution < 1.29 is 9.47 Å². The molecule has 2 heterocycles. The van der Waals surface area contributed by atoms with E-state index < -0.39 is 0 Å². The largest absolute Gasteiger partial charge is 0.493 e. The molecule has 2 aliphatic heterocycles. The summed E-state index contributed by atoms with van der Waals surface area (Å²) in [5.74, 6) is 2.27. The van der Waals surface area contributed by atoms with Gasteiger partial charge in [0.05, 0.1) is 19.9 Å². The Morgan fingerprint density at radius 2 is 1.81 bits per heavy atom. The number of rotatable bonds is 4. The van der Waals surface area contributed by atoms with Crippen molar-refractivity contribution in [2.45, 2.75) is 19.3 Å². The molecule has 5 nitrogen and oxygen atoms in total. The van der Waals surface area contributed by atoms with Crippen LogP contribution in [0.25, 0.3) is 5.57 Å². The van der Waals surface area contributed by atoms with E-state index in [1.165, 1.54) is 24.0 Å². The lowest BCUT2D eigenvalue weighted by Gasteiger charge is -2.27. The van der Waals surface area contributed by atoms with Crippen LogP contribution in [0, 0.1) is 5.92 Å². The van der Waals surface area contributed by atoms with Gasteiger partial charge in [-0.25, -0.2) is 0 Å². The molecule has 3 N–H and O–H groups in total. The molecule has 1 fully saturated rings. The van der Waals surface area contributed by atoms with Gasteiger partial charge in [0.1, 0.15) is 0 Å². The van der Waals surface area contributed by atoms with Crippen LogP contribution in [0.5, 0.6) is 11.5 Å². The number of allylic oxidation sites excluding steroid dienone is 1. The van der Waals surface area contributed by atoms with Crippen molar-refractivity contribution in [1.82, 2.24) is 10.7 Å². The van der Waals surface area contributed by atoms with Crippen molar-refractivity contribution in [3.63, 3.8) is 0 Å². The van der Waals surface area contributed by atoms with Crippen molar-refractivity contribution >= 4 is 11.3 Å². The molecule has 0 saturated carbocycles. The predicted molar refractivity (Wildman–Crippen MR) is 84.5 cm³/mol. The fourth-order valence-electron chi connectivity index (χ4n) is 3.09. The second-order valence-electron chi connectivity index (χ2n) is 5.59. The number of benzene rings is 1. The summed E-state index contributed by atoms with van der Waals surface area (Å²) in [5.41, 5.74) is 9.90. The summed E-state index contributed by atoms with van der Waals surface area (Å²) < 4.78 is 10.8. The van der Waals surface area contributed by atoms with E-state index in [9.17, 15) is 0 Å². The predicted octanol–water partition coefficient (Wildman–Crippen LogP) is 2.36. The standard InChI is InChI=1S/C16H23N3O2/c1-20-15-8-13-12(7-11-3-5-17-6-4-11)10-18-19-14(13)9-16(15)21-2/h8-11,17-19H,3-7H2,1-2H3. The molecule has 1 saturated heterocycles. The molecule has 3 rings (SSSR count). The first-order valence-corrected chi connectivity index (χ1v) is 7.49. The van der Waals surface area contributed by atoms with E-state index in [1.807, 2.05) is 6.07 Å². The van der Waals surface area contributed by atoms with Crippen molar-refractivity contribution in [1.29, 1.82) is 0 Å². The van der Waals surface area contributed by atoms with Gasteiger partial charge in [-0.05, 0) is 49.9 Å². The topological polar surface area (TPSA) is 54.6 Å². The zero-order valence-electron chi connectivity index (χ0n) is 12.7. The molecule has 0 bridgehead atoms. The minimum absolute atomic E-state index is 0.744. The van der Waals surface area contributed by atoms with Crippen molar-refractivity contribution in [3.8, 4) is 11.5 Å². The van der Waals surface area contributed by atoms with E-state index in [2.05, 4.69) is 28.4 Å². The van der Waals surface area contributed by atoms with E-state index in [-0.39, 0.29) is 0 Å². The van der Waals surface area contributed by atoms with Gasteiger partial charge in [-0.15, -0.1) is 0 Å². The first kappa shape index (κ1) is 14.1. The number of ether oxygens (including phenoxy) is 2. The third kappa shape index (κ3) is 2.93. The lowest BCUT2D eigenvalue weighted by Crippen LogP contribution is -2.28. The Balaban J connectivity index is 1.86. The molecule has 5 heteroatoms. The summed E-state index contributed by atoms with van der Waals surface area (Å²) in [6.07, 6.45) is 5.65. The number of fused-ring (bicyclic) bond motifs is 1. The van der Waals surface area contributed by atoms with Gasteiger partial charge in [-0.3, -0.25) is 0 Å². The number of anilines is 1. The van der Waals surface area contributed by atoms with Crippen LogP contribution < -0.4 is 25.6 Å². The molecule has 21 heavy (non-hydrogen) atoms. The van der Waals surface area contributed by atoms with Gasteiger partial charge in [-0.2, -0.15) is 0 Å². The van der Waals surface area contributed by atoms with Crippen LogP contribution in [0.15, 0.2) is 18.3 Å². The molecular weight excluding hydrogens is 266 g/mol. The molecule has 1 aromatic carbocycles. The third-order valence-corrected chi connectivity index (χ3v) is 4.29. The Hall–Kier alpha value is -1.88. The monoisotopic (exact) mass is 289 g/mol. The van der Waals surface area contributed by atoms with Gasteiger partial charge in [-0.1, -0.05) is 0 Å². The molecule has 0 unspecified atom stereocenters. The van der Waals surface area contributed by atoms with Crippen LogP contribution in [0.4, 0.5) is 5.69 Å². The molecule has 2 aliphatic rings. The van der Waals surface area contributed by atoms with E-state index in [1.54, 1.807) is 14.2 Å². The summed E-state index contributed by atoms with van der Waals surface area (Å²) in [4.78, 5) is 0. The molecule has 0 aromatic heterocycles. The smallest absolute Gasteiger partial charge is 0.162 e. The molecular formula is C16H23N3O2. The Kier molecular flexibility index (Phi) is 4.20. The fourth-order valence-corrected chi connectivity index (χ4v) is 3.09. The molecule has 0 radical (unpaired) electrons. The maximum atomic E-state index is 5.43. The van der Waals surface area contributed by atoms with E-state index in [0.717, 1.165) is 42.6 Å². The highest BCUT2D eigenvalue weighted by molar-refractivity contribution is 5.81. The minimum atomic E-state index is 0.744. The highest BCUT2D eigenvalue weighted by Gasteiger charge is 2.21. The molecule has 0 spiro atoms. The highest BCUT2D eigenvalue weighted by atomic mass is 16.5. The molecule has 0 atom stereocenters. The van der Waals surface area contributed by atoms with Crippen LogP contribution in [0.1, 0.15) is 24.8 Å². The molecule has 114 valence electrons. The second kappa shape index (κ2) is 6.26. The van der Waals surface area contributed by atoms with Crippen LogP contribution in [0.2, 0.25) is 0 Å². The average molecular weight is 289 g/mol. The van der Waals surface area contributed by atoms with Crippen LogP contribution >= 0.6 is 0 Å². The number of nitrogens with one attached hydrogen (secondary N) is 3. The van der Waals surface area contributed by atoms with Gasteiger partial charge in [0.15, 0.2) is 11.5 Å². The summed E-state index contributed by atoms with van der Waals surface area (Å²) in [6.45, 7) is 2.25. The zero-order valence-corrected chi connectivity index (χ0v) is 12.7. The maximum Gasteiger partial charge on any atom is 0.162 e. The van der Waals surface area contributed by atoms with Gasteiger partial charge in [0, 0.05) is 17.8 Å². The normalized spacial score (nSPS) is 18.1. The number of hydrazine groups is 1.